The number of thiophene rings is 1. The minimum absolute atomic E-state index is 0.176. The van der Waals surface area contributed by atoms with Crippen molar-refractivity contribution < 1.29 is 0 Å². The van der Waals surface area contributed by atoms with Crippen molar-refractivity contribution in [2.24, 2.45) is 0 Å². The third-order valence-corrected chi connectivity index (χ3v) is 13.3. The lowest BCUT2D eigenvalue weighted by molar-refractivity contribution is 0.661. The summed E-state index contributed by atoms with van der Waals surface area (Å²) in [6.07, 6.45) is 0. The van der Waals surface area contributed by atoms with Gasteiger partial charge in [0.05, 0.1) is 5.69 Å². The van der Waals surface area contributed by atoms with Crippen LogP contribution in [0.15, 0.2) is 164 Å². The molecular formula is C51H33NS. The van der Waals surface area contributed by atoms with Crippen LogP contribution in [-0.2, 0) is 5.41 Å². The van der Waals surface area contributed by atoms with Gasteiger partial charge in [0.25, 0.3) is 0 Å². The first-order chi connectivity index (χ1) is 26.0. The van der Waals surface area contributed by atoms with Crippen molar-refractivity contribution in [1.29, 1.82) is 0 Å². The van der Waals surface area contributed by atoms with Crippen molar-refractivity contribution in [1.82, 2.24) is 0 Å². The number of fused-ring (bicyclic) bond motifs is 4. The van der Waals surface area contributed by atoms with Gasteiger partial charge in [0.1, 0.15) is 0 Å². The summed E-state index contributed by atoms with van der Waals surface area (Å²) in [6, 6.07) is 61.5. The van der Waals surface area contributed by atoms with E-state index in [2.05, 4.69) is 183 Å². The molecule has 53 heavy (non-hydrogen) atoms. The molecule has 0 spiro atoms. The summed E-state index contributed by atoms with van der Waals surface area (Å²) in [6.45, 7) is 4.85. The Morgan fingerprint density at radius 1 is 0.434 bits per heavy atom. The first-order valence-electron chi connectivity index (χ1n) is 18.5. The molecule has 0 radical (unpaired) electrons. The largest absolute Gasteiger partial charge is 0.310 e. The van der Waals surface area contributed by atoms with Crippen LogP contribution in [0.4, 0.5) is 17.1 Å². The zero-order valence-electron chi connectivity index (χ0n) is 29.4. The van der Waals surface area contributed by atoms with Gasteiger partial charge in [-0.2, -0.15) is 0 Å². The van der Waals surface area contributed by atoms with E-state index < -0.39 is 0 Å². The fraction of sp³-hybridized carbons (Fsp3) is 0.0588. The van der Waals surface area contributed by atoms with Gasteiger partial charge in [-0.1, -0.05) is 141 Å². The summed E-state index contributed by atoms with van der Waals surface area (Å²) in [4.78, 5) is 2.52. The van der Waals surface area contributed by atoms with Gasteiger partial charge < -0.3 is 4.90 Å². The summed E-state index contributed by atoms with van der Waals surface area (Å²) < 4.78 is 2.63. The molecule has 2 aliphatic rings. The van der Waals surface area contributed by atoms with Crippen molar-refractivity contribution in [2.75, 3.05) is 4.90 Å². The Bertz CT molecular complexity index is 3180. The van der Waals surface area contributed by atoms with Gasteiger partial charge in [0.15, 0.2) is 0 Å². The molecule has 0 fully saturated rings. The molecule has 12 rings (SSSR count). The van der Waals surface area contributed by atoms with E-state index in [1.165, 1.54) is 108 Å². The molecule has 0 unspecified atom stereocenters. The first-order valence-corrected chi connectivity index (χ1v) is 19.3. The Morgan fingerprint density at radius 3 is 1.98 bits per heavy atom. The molecule has 0 bridgehead atoms. The van der Waals surface area contributed by atoms with Crippen molar-refractivity contribution in [3.05, 3.63) is 175 Å². The summed E-state index contributed by atoms with van der Waals surface area (Å²) in [7, 11) is 0. The Balaban J connectivity index is 1.21. The van der Waals surface area contributed by atoms with Crippen LogP contribution >= 0.6 is 11.3 Å². The normalized spacial score (nSPS) is 13.6. The lowest BCUT2D eigenvalue weighted by Crippen LogP contribution is -2.17. The SMILES string of the molecule is CC1(C)c2cccc3c2-c2c1cc(N(c1ccc(-c4ccccc4)cc1)c1ccc4c(c1)sc1ccccc14)c1ccc4ccc5cccc-3c5c4c21. The Labute approximate surface area is 312 Å². The molecule has 0 amide bonds. The minimum Gasteiger partial charge on any atom is -0.310 e. The molecule has 0 atom stereocenters. The van der Waals surface area contributed by atoms with Gasteiger partial charge >= 0.3 is 0 Å². The molecule has 0 saturated heterocycles. The number of hydrogen-bond donors (Lipinski definition) is 0. The topological polar surface area (TPSA) is 3.24 Å². The highest BCUT2D eigenvalue weighted by atomic mass is 32.1. The molecule has 9 aromatic carbocycles. The zero-order chi connectivity index (χ0) is 35.0. The average molecular weight is 692 g/mol. The smallest absolute Gasteiger partial charge is 0.0543 e. The van der Waals surface area contributed by atoms with E-state index >= 15 is 0 Å². The van der Waals surface area contributed by atoms with E-state index in [1.54, 1.807) is 0 Å². The first kappa shape index (κ1) is 29.4. The van der Waals surface area contributed by atoms with Crippen LogP contribution in [0.1, 0.15) is 25.0 Å². The summed E-state index contributed by atoms with van der Waals surface area (Å²) in [5, 5.41) is 10.6. The van der Waals surface area contributed by atoms with Crippen LogP contribution in [0.3, 0.4) is 0 Å². The number of rotatable bonds is 4. The molecule has 10 aromatic rings. The third-order valence-electron chi connectivity index (χ3n) is 12.1. The monoisotopic (exact) mass is 691 g/mol. The van der Waals surface area contributed by atoms with Crippen LogP contribution in [0.25, 0.3) is 85.9 Å². The lowest BCUT2D eigenvalue weighted by atomic mass is 9.80. The second-order valence-corrected chi connectivity index (χ2v) is 16.3. The van der Waals surface area contributed by atoms with Crippen LogP contribution < -0.4 is 4.90 Å². The molecule has 0 N–H and O–H groups in total. The Morgan fingerprint density at radius 2 is 1.11 bits per heavy atom. The van der Waals surface area contributed by atoms with E-state index in [0.29, 0.717) is 0 Å². The second-order valence-electron chi connectivity index (χ2n) is 15.3. The molecule has 1 nitrogen and oxygen atoms in total. The van der Waals surface area contributed by atoms with Crippen molar-refractivity contribution >= 4 is 80.9 Å². The van der Waals surface area contributed by atoms with Crippen LogP contribution in [0.2, 0.25) is 0 Å². The van der Waals surface area contributed by atoms with Gasteiger partial charge in [0.2, 0.25) is 0 Å². The number of anilines is 3. The van der Waals surface area contributed by atoms with Crippen molar-refractivity contribution in [3.8, 4) is 33.4 Å². The quantitative estimate of drug-likeness (QED) is 0.166. The fourth-order valence-electron chi connectivity index (χ4n) is 9.68. The van der Waals surface area contributed by atoms with Gasteiger partial charge in [-0.05, 0) is 102 Å². The third kappa shape index (κ3) is 3.91. The minimum atomic E-state index is -0.176. The Kier molecular flexibility index (Phi) is 5.78. The van der Waals surface area contributed by atoms with Gasteiger partial charge in [-0.3, -0.25) is 0 Å². The standard InChI is InChI=1S/C51H33NS/c1-51(2)41-16-9-15-39-38-14-8-12-32-18-19-33-22-26-40-43(29-42(51)50(48(39)41)49(40)47(33)46(32)38)52(34-23-20-31(21-24-34)30-10-4-3-5-11-30)35-25-27-37-36-13-6-7-17-44(36)53-45(37)28-35/h3-29H,1-2H3. The second kappa shape index (κ2) is 10.4. The molecule has 248 valence electrons. The Hall–Kier alpha value is -6.22. The van der Waals surface area contributed by atoms with E-state index in [9.17, 15) is 0 Å². The van der Waals surface area contributed by atoms with Crippen LogP contribution in [0.5, 0.6) is 0 Å². The highest BCUT2D eigenvalue weighted by Crippen LogP contribution is 2.60. The number of nitrogens with zero attached hydrogens (tertiary/aromatic N) is 1. The zero-order valence-corrected chi connectivity index (χ0v) is 30.3. The number of hydrogen-bond acceptors (Lipinski definition) is 2. The molecule has 1 aromatic heterocycles. The van der Waals surface area contributed by atoms with Crippen LogP contribution in [-0.4, -0.2) is 0 Å². The van der Waals surface area contributed by atoms with Gasteiger partial charge in [0, 0.05) is 47.7 Å². The average Bonchev–Trinajstić information content (AvgIpc) is 3.64. The summed E-state index contributed by atoms with van der Waals surface area (Å²) in [5.41, 5.74) is 14.1. The van der Waals surface area contributed by atoms with E-state index in [0.717, 1.165) is 5.69 Å². The maximum atomic E-state index is 2.53. The predicted molar refractivity (Wildman–Crippen MR) is 229 cm³/mol. The lowest BCUT2D eigenvalue weighted by Gasteiger charge is -2.30. The molecule has 1 heterocycles. The van der Waals surface area contributed by atoms with Gasteiger partial charge in [-0.15, -0.1) is 11.3 Å². The maximum absolute atomic E-state index is 2.53. The highest BCUT2D eigenvalue weighted by Gasteiger charge is 2.41. The summed E-state index contributed by atoms with van der Waals surface area (Å²) >= 11 is 1.88. The predicted octanol–water partition coefficient (Wildman–Crippen LogP) is 14.9. The fourth-order valence-corrected chi connectivity index (χ4v) is 10.8. The molecule has 2 heteroatoms. The highest BCUT2D eigenvalue weighted by molar-refractivity contribution is 7.25. The van der Waals surface area contributed by atoms with E-state index in [4.69, 9.17) is 0 Å². The maximum Gasteiger partial charge on any atom is 0.0543 e. The molecular weight excluding hydrogens is 659 g/mol. The van der Waals surface area contributed by atoms with Crippen LogP contribution in [0, 0.1) is 0 Å². The van der Waals surface area contributed by atoms with Crippen molar-refractivity contribution in [2.45, 2.75) is 19.3 Å². The molecule has 0 aliphatic heterocycles. The molecule has 0 saturated carbocycles. The van der Waals surface area contributed by atoms with Gasteiger partial charge in [-0.25, -0.2) is 0 Å². The van der Waals surface area contributed by atoms with E-state index in [-0.39, 0.29) is 5.41 Å². The molecule has 2 aliphatic carbocycles. The summed E-state index contributed by atoms with van der Waals surface area (Å²) in [5.74, 6) is 0. The van der Waals surface area contributed by atoms with E-state index in [1.807, 2.05) is 11.3 Å². The van der Waals surface area contributed by atoms with Crippen molar-refractivity contribution in [3.63, 3.8) is 0 Å². The number of benzene rings is 9.